The highest BCUT2D eigenvalue weighted by atomic mass is 16.5. The quantitative estimate of drug-likeness (QED) is 0.643. The van der Waals surface area contributed by atoms with Gasteiger partial charge in [0.25, 0.3) is 5.91 Å². The van der Waals surface area contributed by atoms with Gasteiger partial charge >= 0.3 is 0 Å². The number of nitrogens with one attached hydrogen (secondary N) is 1. The summed E-state index contributed by atoms with van der Waals surface area (Å²) in [6, 6.07) is 16.3. The number of methoxy groups -OCH3 is 2. The normalized spacial score (nSPS) is 12.9. The lowest BCUT2D eigenvalue weighted by atomic mass is 9.96. The summed E-state index contributed by atoms with van der Waals surface area (Å²) < 4.78 is 12.2. The highest BCUT2D eigenvalue weighted by Crippen LogP contribution is 2.33. The number of carbonyl (C=O) groups is 1. The minimum atomic E-state index is -1.19. The molecule has 0 aliphatic heterocycles. The zero-order valence-corrected chi connectivity index (χ0v) is 17.0. The van der Waals surface area contributed by atoms with Gasteiger partial charge in [-0.1, -0.05) is 30.3 Å². The summed E-state index contributed by atoms with van der Waals surface area (Å²) in [5.41, 5.74) is 1.22. The molecule has 2 aromatic carbocycles. The molecule has 0 fully saturated rings. The molecular formula is C22H25N3O4. The fraction of sp³-hybridized carbons (Fsp3) is 0.273. The minimum absolute atomic E-state index is 0.0683. The molecule has 0 bridgehead atoms. The first kappa shape index (κ1) is 20.4. The van der Waals surface area contributed by atoms with E-state index in [-0.39, 0.29) is 12.5 Å². The predicted octanol–water partition coefficient (Wildman–Crippen LogP) is 2.74. The lowest BCUT2D eigenvalue weighted by Gasteiger charge is -2.24. The van der Waals surface area contributed by atoms with Gasteiger partial charge in [0.05, 0.1) is 26.5 Å². The zero-order chi connectivity index (χ0) is 21.0. The third-order valence-corrected chi connectivity index (χ3v) is 4.78. The lowest BCUT2D eigenvalue weighted by molar-refractivity contribution is 0.0523. The Kier molecular flexibility index (Phi) is 5.89. The van der Waals surface area contributed by atoms with Crippen LogP contribution in [0.5, 0.6) is 11.5 Å². The molecule has 1 amide bonds. The number of hydrogen-bond acceptors (Lipinski definition) is 5. The maximum atomic E-state index is 12.7. The van der Waals surface area contributed by atoms with E-state index in [1.807, 2.05) is 36.4 Å². The molecule has 0 saturated carbocycles. The average molecular weight is 395 g/mol. The number of ether oxygens (including phenoxy) is 2. The summed E-state index contributed by atoms with van der Waals surface area (Å²) in [7, 11) is 4.86. The van der Waals surface area contributed by atoms with Crippen LogP contribution in [0, 0.1) is 0 Å². The SMILES string of the molecule is COc1ccc(OC)c(-c2cc(C(=O)NC[C@@](C)(O)c3ccccc3)n(C)n2)c1. The Morgan fingerprint density at radius 3 is 2.52 bits per heavy atom. The van der Waals surface area contributed by atoms with Crippen molar-refractivity contribution in [3.8, 4) is 22.8 Å². The highest BCUT2D eigenvalue weighted by Gasteiger charge is 2.25. The van der Waals surface area contributed by atoms with Crippen molar-refractivity contribution < 1.29 is 19.4 Å². The predicted molar refractivity (Wildman–Crippen MR) is 110 cm³/mol. The van der Waals surface area contributed by atoms with Crippen LogP contribution in [0.2, 0.25) is 0 Å². The Bertz CT molecular complexity index is 997. The van der Waals surface area contributed by atoms with Crippen LogP contribution >= 0.6 is 0 Å². The Morgan fingerprint density at radius 1 is 1.14 bits per heavy atom. The van der Waals surface area contributed by atoms with Crippen molar-refractivity contribution in [3.05, 3.63) is 65.9 Å². The summed E-state index contributed by atoms with van der Waals surface area (Å²) in [6.45, 7) is 1.73. The van der Waals surface area contributed by atoms with Gasteiger partial charge in [0.15, 0.2) is 0 Å². The van der Waals surface area contributed by atoms with Crippen molar-refractivity contribution in [1.82, 2.24) is 15.1 Å². The van der Waals surface area contributed by atoms with Gasteiger partial charge in [-0.2, -0.15) is 5.10 Å². The maximum Gasteiger partial charge on any atom is 0.269 e. The number of rotatable bonds is 7. The second kappa shape index (κ2) is 8.36. The molecule has 0 radical (unpaired) electrons. The molecule has 29 heavy (non-hydrogen) atoms. The van der Waals surface area contributed by atoms with E-state index in [1.54, 1.807) is 46.4 Å². The monoisotopic (exact) mass is 395 g/mol. The maximum absolute atomic E-state index is 12.7. The molecule has 152 valence electrons. The smallest absolute Gasteiger partial charge is 0.269 e. The van der Waals surface area contributed by atoms with Crippen molar-refractivity contribution in [2.75, 3.05) is 20.8 Å². The fourth-order valence-electron chi connectivity index (χ4n) is 3.07. The molecule has 2 N–H and O–H groups in total. The standard InChI is InChI=1S/C22H25N3O4/c1-22(27,15-8-6-5-7-9-15)14-23-21(26)19-13-18(24-25(19)2)17-12-16(28-3)10-11-20(17)29-4/h5-13,27H,14H2,1-4H3,(H,23,26)/t22-/m1/s1. The van der Waals surface area contributed by atoms with Crippen LogP contribution in [0.1, 0.15) is 23.0 Å². The molecule has 7 heteroatoms. The van der Waals surface area contributed by atoms with Crippen LogP contribution in [0.15, 0.2) is 54.6 Å². The van der Waals surface area contributed by atoms with Crippen LogP contribution in [0.4, 0.5) is 0 Å². The van der Waals surface area contributed by atoms with Crippen molar-refractivity contribution in [2.24, 2.45) is 7.05 Å². The number of aromatic nitrogens is 2. The van der Waals surface area contributed by atoms with Crippen molar-refractivity contribution >= 4 is 5.91 Å². The number of amides is 1. The Balaban J connectivity index is 1.81. The molecule has 0 aliphatic carbocycles. The lowest BCUT2D eigenvalue weighted by Crippen LogP contribution is -2.39. The summed E-state index contributed by atoms with van der Waals surface area (Å²) in [6.07, 6.45) is 0. The van der Waals surface area contributed by atoms with E-state index < -0.39 is 5.60 Å². The fourth-order valence-corrected chi connectivity index (χ4v) is 3.07. The van der Waals surface area contributed by atoms with E-state index >= 15 is 0 Å². The van der Waals surface area contributed by atoms with E-state index in [9.17, 15) is 9.90 Å². The first-order valence-electron chi connectivity index (χ1n) is 9.18. The number of nitrogens with zero attached hydrogens (tertiary/aromatic N) is 2. The zero-order valence-electron chi connectivity index (χ0n) is 17.0. The molecule has 1 aromatic heterocycles. The van der Waals surface area contributed by atoms with Crippen LogP contribution < -0.4 is 14.8 Å². The third kappa shape index (κ3) is 4.41. The van der Waals surface area contributed by atoms with Gasteiger partial charge in [0, 0.05) is 12.6 Å². The van der Waals surface area contributed by atoms with E-state index in [1.165, 1.54) is 4.68 Å². The molecule has 3 rings (SSSR count). The molecule has 0 unspecified atom stereocenters. The molecule has 0 aliphatic rings. The summed E-state index contributed by atoms with van der Waals surface area (Å²) >= 11 is 0. The van der Waals surface area contributed by atoms with Crippen LogP contribution in [0.3, 0.4) is 0 Å². The Morgan fingerprint density at radius 2 is 1.86 bits per heavy atom. The summed E-state index contributed by atoms with van der Waals surface area (Å²) in [5, 5.41) is 17.9. The van der Waals surface area contributed by atoms with E-state index in [0.717, 1.165) is 11.1 Å². The van der Waals surface area contributed by atoms with Gasteiger partial charge < -0.3 is 19.9 Å². The van der Waals surface area contributed by atoms with Crippen LogP contribution in [-0.2, 0) is 12.6 Å². The summed E-state index contributed by atoms with van der Waals surface area (Å²) in [5.74, 6) is 0.962. The molecular weight excluding hydrogens is 370 g/mol. The van der Waals surface area contributed by atoms with Gasteiger partial charge in [-0.15, -0.1) is 0 Å². The Hall–Kier alpha value is -3.32. The number of aryl methyl sites for hydroxylation is 1. The average Bonchev–Trinajstić information content (AvgIpc) is 3.13. The van der Waals surface area contributed by atoms with Crippen molar-refractivity contribution in [2.45, 2.75) is 12.5 Å². The number of carbonyl (C=O) groups excluding carboxylic acids is 1. The molecule has 0 spiro atoms. The Labute approximate surface area is 169 Å². The topological polar surface area (TPSA) is 85.6 Å². The summed E-state index contributed by atoms with van der Waals surface area (Å²) in [4.78, 5) is 12.7. The second-order valence-electron chi connectivity index (χ2n) is 6.93. The van der Waals surface area contributed by atoms with Gasteiger partial charge in [-0.25, -0.2) is 0 Å². The van der Waals surface area contributed by atoms with E-state index in [0.29, 0.717) is 22.9 Å². The van der Waals surface area contributed by atoms with Crippen molar-refractivity contribution in [1.29, 1.82) is 0 Å². The molecule has 7 nitrogen and oxygen atoms in total. The first-order chi connectivity index (χ1) is 13.9. The molecule has 1 atom stereocenters. The van der Waals surface area contributed by atoms with Gasteiger partial charge in [-0.05, 0) is 36.8 Å². The highest BCUT2D eigenvalue weighted by molar-refractivity contribution is 5.94. The van der Waals surface area contributed by atoms with Crippen LogP contribution in [0.25, 0.3) is 11.3 Å². The number of aliphatic hydroxyl groups is 1. The van der Waals surface area contributed by atoms with Gasteiger partial charge in [0.2, 0.25) is 0 Å². The van der Waals surface area contributed by atoms with E-state index in [2.05, 4.69) is 10.4 Å². The van der Waals surface area contributed by atoms with Gasteiger partial charge in [-0.3, -0.25) is 9.48 Å². The minimum Gasteiger partial charge on any atom is -0.497 e. The largest absolute Gasteiger partial charge is 0.497 e. The second-order valence-corrected chi connectivity index (χ2v) is 6.93. The van der Waals surface area contributed by atoms with Gasteiger partial charge in [0.1, 0.15) is 22.8 Å². The van der Waals surface area contributed by atoms with Crippen LogP contribution in [-0.4, -0.2) is 41.6 Å². The third-order valence-electron chi connectivity index (χ3n) is 4.78. The molecule has 3 aromatic rings. The molecule has 0 saturated heterocycles. The first-order valence-corrected chi connectivity index (χ1v) is 9.18. The molecule has 1 heterocycles. The van der Waals surface area contributed by atoms with Crippen molar-refractivity contribution in [3.63, 3.8) is 0 Å². The number of benzene rings is 2. The van der Waals surface area contributed by atoms with E-state index in [4.69, 9.17) is 9.47 Å². The number of hydrogen-bond donors (Lipinski definition) is 2.